The Labute approximate surface area is 160 Å². The lowest BCUT2D eigenvalue weighted by Gasteiger charge is -2.28. The molecule has 0 aromatic heterocycles. The van der Waals surface area contributed by atoms with Gasteiger partial charge in [0.15, 0.2) is 0 Å². The molecule has 1 atom stereocenters. The number of anilines is 2. The van der Waals surface area contributed by atoms with Crippen LogP contribution in [0.25, 0.3) is 0 Å². The van der Waals surface area contributed by atoms with E-state index in [2.05, 4.69) is 5.32 Å². The van der Waals surface area contributed by atoms with Gasteiger partial charge < -0.3 is 14.8 Å². The molecular formula is C19H24N2O5S. The molecule has 0 aliphatic heterocycles. The van der Waals surface area contributed by atoms with E-state index in [1.54, 1.807) is 36.4 Å². The van der Waals surface area contributed by atoms with E-state index in [1.165, 1.54) is 21.1 Å². The number of nitrogens with one attached hydrogen (secondary N) is 1. The topological polar surface area (TPSA) is 84.9 Å². The van der Waals surface area contributed by atoms with Crippen molar-refractivity contribution >= 4 is 27.3 Å². The van der Waals surface area contributed by atoms with Crippen molar-refractivity contribution in [1.82, 2.24) is 0 Å². The van der Waals surface area contributed by atoms with Gasteiger partial charge in [0.25, 0.3) is 0 Å². The van der Waals surface area contributed by atoms with Gasteiger partial charge >= 0.3 is 0 Å². The van der Waals surface area contributed by atoms with Crippen LogP contribution in [0, 0.1) is 6.92 Å². The zero-order valence-corrected chi connectivity index (χ0v) is 16.8. The second-order valence-electron chi connectivity index (χ2n) is 6.13. The van der Waals surface area contributed by atoms with Gasteiger partial charge in [0.1, 0.15) is 17.5 Å². The minimum absolute atomic E-state index is 0.372. The van der Waals surface area contributed by atoms with Gasteiger partial charge in [-0.1, -0.05) is 6.07 Å². The summed E-state index contributed by atoms with van der Waals surface area (Å²) in [7, 11) is -0.671. The van der Waals surface area contributed by atoms with Crippen molar-refractivity contribution in [3.63, 3.8) is 0 Å². The fraction of sp³-hybridized carbons (Fsp3) is 0.316. The Balaban J connectivity index is 2.33. The molecule has 1 amide bonds. The van der Waals surface area contributed by atoms with Gasteiger partial charge in [0.05, 0.1) is 31.9 Å². The summed E-state index contributed by atoms with van der Waals surface area (Å²) in [5, 5.41) is 2.75. The highest BCUT2D eigenvalue weighted by atomic mass is 32.2. The van der Waals surface area contributed by atoms with Gasteiger partial charge in [-0.2, -0.15) is 0 Å². The number of carbonyl (C=O) groups excluding carboxylic acids is 1. The largest absolute Gasteiger partial charge is 0.497 e. The molecule has 2 aromatic rings. The van der Waals surface area contributed by atoms with Crippen molar-refractivity contribution < 1.29 is 22.7 Å². The molecule has 0 heterocycles. The summed E-state index contributed by atoms with van der Waals surface area (Å²) in [6.45, 7) is 3.42. The molecule has 1 N–H and O–H groups in total. The van der Waals surface area contributed by atoms with Gasteiger partial charge in [-0.15, -0.1) is 0 Å². The number of ether oxygens (including phenoxy) is 2. The summed E-state index contributed by atoms with van der Waals surface area (Å²) in [6, 6.07) is 10.9. The number of carbonyl (C=O) groups is 1. The normalized spacial score (nSPS) is 12.2. The van der Waals surface area contributed by atoms with Crippen LogP contribution in [0.3, 0.4) is 0 Å². The van der Waals surface area contributed by atoms with Gasteiger partial charge in [-0.3, -0.25) is 9.10 Å². The minimum Gasteiger partial charge on any atom is -0.497 e. The molecule has 0 aliphatic carbocycles. The summed E-state index contributed by atoms with van der Waals surface area (Å²) < 4.78 is 36.1. The Hall–Kier alpha value is -2.74. The molecule has 0 bridgehead atoms. The fourth-order valence-corrected chi connectivity index (χ4v) is 3.87. The number of nitrogens with zero attached hydrogens (tertiary/aromatic N) is 1. The Kier molecular flexibility index (Phi) is 6.32. The molecule has 0 fully saturated rings. The van der Waals surface area contributed by atoms with Crippen LogP contribution in [0.5, 0.6) is 11.5 Å². The van der Waals surface area contributed by atoms with Crippen molar-refractivity contribution in [2.24, 2.45) is 0 Å². The van der Waals surface area contributed by atoms with Crippen molar-refractivity contribution in [2.45, 2.75) is 19.9 Å². The Bertz CT molecular complexity index is 910. The first-order valence-electron chi connectivity index (χ1n) is 8.26. The van der Waals surface area contributed by atoms with E-state index in [9.17, 15) is 13.2 Å². The van der Waals surface area contributed by atoms with Crippen LogP contribution < -0.4 is 19.1 Å². The van der Waals surface area contributed by atoms with E-state index < -0.39 is 22.0 Å². The molecule has 146 valence electrons. The van der Waals surface area contributed by atoms with Crippen LogP contribution in [-0.4, -0.2) is 40.8 Å². The lowest BCUT2D eigenvalue weighted by Crippen LogP contribution is -2.45. The quantitative estimate of drug-likeness (QED) is 0.783. The molecular weight excluding hydrogens is 368 g/mol. The molecule has 1 unspecified atom stereocenters. The van der Waals surface area contributed by atoms with Crippen LogP contribution in [-0.2, 0) is 14.8 Å². The standard InChI is InChI=1S/C19H24N2O5S/c1-13-6-11-18(26-4)17(12-13)20-19(22)14(2)21(27(5,23)24)15-7-9-16(25-3)10-8-15/h6-12,14H,1-5H3,(H,20,22). The first-order valence-corrected chi connectivity index (χ1v) is 10.1. The van der Waals surface area contributed by atoms with E-state index >= 15 is 0 Å². The van der Waals surface area contributed by atoms with Crippen molar-refractivity contribution in [1.29, 1.82) is 0 Å². The molecule has 8 heteroatoms. The lowest BCUT2D eigenvalue weighted by atomic mass is 10.2. The molecule has 0 aliphatic rings. The maximum Gasteiger partial charge on any atom is 0.248 e. The number of amides is 1. The highest BCUT2D eigenvalue weighted by molar-refractivity contribution is 7.92. The Morgan fingerprint density at radius 2 is 1.70 bits per heavy atom. The third-order valence-corrected chi connectivity index (χ3v) is 5.27. The fourth-order valence-electron chi connectivity index (χ4n) is 2.69. The van der Waals surface area contributed by atoms with E-state index in [0.717, 1.165) is 16.1 Å². The van der Waals surface area contributed by atoms with E-state index in [-0.39, 0.29) is 0 Å². The minimum atomic E-state index is -3.70. The van der Waals surface area contributed by atoms with E-state index in [0.29, 0.717) is 22.9 Å². The third-order valence-electron chi connectivity index (χ3n) is 4.03. The zero-order valence-electron chi connectivity index (χ0n) is 16.0. The first-order chi connectivity index (χ1) is 12.7. The predicted octanol–water partition coefficient (Wildman–Crippen LogP) is 2.81. The number of methoxy groups -OCH3 is 2. The Morgan fingerprint density at radius 3 is 2.22 bits per heavy atom. The van der Waals surface area contributed by atoms with Gasteiger partial charge in [0.2, 0.25) is 15.9 Å². The molecule has 0 radical (unpaired) electrons. The van der Waals surface area contributed by atoms with Gasteiger partial charge in [-0.25, -0.2) is 8.42 Å². The summed E-state index contributed by atoms with van der Waals surface area (Å²) in [4.78, 5) is 12.8. The monoisotopic (exact) mass is 392 g/mol. The first kappa shape index (κ1) is 20.6. The van der Waals surface area contributed by atoms with Gasteiger partial charge in [0, 0.05) is 0 Å². The molecule has 0 spiro atoms. The maximum absolute atomic E-state index is 12.8. The summed E-state index contributed by atoms with van der Waals surface area (Å²) in [5.74, 6) is 0.616. The highest BCUT2D eigenvalue weighted by Gasteiger charge is 2.29. The van der Waals surface area contributed by atoms with Crippen molar-refractivity contribution in [3.05, 3.63) is 48.0 Å². The van der Waals surface area contributed by atoms with Crippen LogP contribution >= 0.6 is 0 Å². The smallest absolute Gasteiger partial charge is 0.248 e. The summed E-state index contributed by atoms with van der Waals surface area (Å²) in [6.07, 6.45) is 1.06. The predicted molar refractivity (Wildman–Crippen MR) is 106 cm³/mol. The van der Waals surface area contributed by atoms with E-state index in [1.807, 2.05) is 13.0 Å². The molecule has 2 aromatic carbocycles. The number of hydrogen-bond donors (Lipinski definition) is 1. The molecule has 7 nitrogen and oxygen atoms in total. The highest BCUT2D eigenvalue weighted by Crippen LogP contribution is 2.27. The molecule has 0 saturated heterocycles. The zero-order chi connectivity index (χ0) is 20.2. The average Bonchev–Trinajstić information content (AvgIpc) is 2.61. The molecule has 0 saturated carbocycles. The van der Waals surface area contributed by atoms with Crippen molar-refractivity contribution in [2.75, 3.05) is 30.1 Å². The number of sulfonamides is 1. The van der Waals surface area contributed by atoms with E-state index in [4.69, 9.17) is 9.47 Å². The summed E-state index contributed by atoms with van der Waals surface area (Å²) >= 11 is 0. The second kappa shape index (κ2) is 8.30. The number of benzene rings is 2. The third kappa shape index (κ3) is 4.91. The molecule has 2 rings (SSSR count). The molecule has 27 heavy (non-hydrogen) atoms. The second-order valence-corrected chi connectivity index (χ2v) is 7.99. The number of hydrogen-bond acceptors (Lipinski definition) is 5. The van der Waals surface area contributed by atoms with Gasteiger partial charge in [-0.05, 0) is 55.8 Å². The number of rotatable bonds is 7. The van der Waals surface area contributed by atoms with Crippen LogP contribution in [0.4, 0.5) is 11.4 Å². The number of aryl methyl sites for hydroxylation is 1. The summed E-state index contributed by atoms with van der Waals surface area (Å²) in [5.41, 5.74) is 1.79. The SMILES string of the molecule is COc1ccc(N(C(C)C(=O)Nc2cc(C)ccc2OC)S(C)(=O)=O)cc1. The van der Waals surface area contributed by atoms with Crippen LogP contribution in [0.1, 0.15) is 12.5 Å². The van der Waals surface area contributed by atoms with Crippen molar-refractivity contribution in [3.8, 4) is 11.5 Å². The maximum atomic E-state index is 12.8. The van der Waals surface area contributed by atoms with Crippen LogP contribution in [0.15, 0.2) is 42.5 Å². The average molecular weight is 392 g/mol. The van der Waals surface area contributed by atoms with Crippen LogP contribution in [0.2, 0.25) is 0 Å². The lowest BCUT2D eigenvalue weighted by molar-refractivity contribution is -0.116. The Morgan fingerprint density at radius 1 is 1.07 bits per heavy atom.